The molecule has 1 atom stereocenters. The molecule has 0 radical (unpaired) electrons. The average molecular weight is 303 g/mol. The Bertz CT molecular complexity index is 644. The van der Waals surface area contributed by atoms with Crippen LogP contribution in [0.1, 0.15) is 17.9 Å². The number of hydrogen-bond donors (Lipinski definition) is 1. The molecular weight excluding hydrogens is 284 g/mol. The zero-order valence-electron chi connectivity index (χ0n) is 12.1. The van der Waals surface area contributed by atoms with Crippen LogP contribution in [0.5, 0.6) is 5.75 Å². The molecule has 0 saturated heterocycles. The minimum absolute atomic E-state index is 0.402. The van der Waals surface area contributed by atoms with Crippen LogP contribution in [0.25, 0.3) is 0 Å². The van der Waals surface area contributed by atoms with Gasteiger partial charge >= 0.3 is 0 Å². The fraction of sp³-hybridized carbons (Fsp3) is 0.294. The lowest BCUT2D eigenvalue weighted by molar-refractivity contribution is 0.269. The van der Waals surface area contributed by atoms with E-state index in [2.05, 4.69) is 23.1 Å². The summed E-state index contributed by atoms with van der Waals surface area (Å²) < 4.78 is 5.80. The molecule has 4 heteroatoms. The van der Waals surface area contributed by atoms with Gasteiger partial charge in [0, 0.05) is 35.4 Å². The summed E-state index contributed by atoms with van der Waals surface area (Å²) in [7, 11) is 2.02. The Balaban J connectivity index is 1.93. The quantitative estimate of drug-likeness (QED) is 0.933. The van der Waals surface area contributed by atoms with Gasteiger partial charge in [-0.2, -0.15) is 0 Å². The first-order valence-electron chi connectivity index (χ1n) is 7.15. The summed E-state index contributed by atoms with van der Waals surface area (Å²) in [4.78, 5) is 2.10. The Hall–Kier alpha value is -1.71. The average Bonchev–Trinajstić information content (AvgIpc) is 2.53. The summed E-state index contributed by atoms with van der Waals surface area (Å²) in [6.45, 7) is 1.40. The molecule has 1 aliphatic rings. The van der Waals surface area contributed by atoms with E-state index < -0.39 is 0 Å². The van der Waals surface area contributed by atoms with Crippen LogP contribution in [0.3, 0.4) is 0 Å². The van der Waals surface area contributed by atoms with Crippen LogP contribution in [-0.2, 0) is 0 Å². The lowest BCUT2D eigenvalue weighted by Crippen LogP contribution is -2.21. The van der Waals surface area contributed by atoms with Gasteiger partial charge in [-0.05, 0) is 42.8 Å². The topological polar surface area (TPSA) is 38.5 Å². The molecule has 0 fully saturated rings. The van der Waals surface area contributed by atoms with Crippen LogP contribution >= 0.6 is 11.6 Å². The fourth-order valence-corrected chi connectivity index (χ4v) is 2.92. The molecule has 1 aliphatic heterocycles. The second kappa shape index (κ2) is 5.96. The molecule has 2 N–H and O–H groups in total. The zero-order chi connectivity index (χ0) is 14.8. The maximum absolute atomic E-state index is 6.06. The predicted octanol–water partition coefficient (Wildman–Crippen LogP) is 3.93. The summed E-state index contributed by atoms with van der Waals surface area (Å²) >= 11 is 6.06. The van der Waals surface area contributed by atoms with Crippen molar-refractivity contribution in [2.75, 3.05) is 25.1 Å². The van der Waals surface area contributed by atoms with Crippen molar-refractivity contribution in [3.05, 3.63) is 53.1 Å². The number of anilines is 2. The first kappa shape index (κ1) is 14.2. The Labute approximate surface area is 130 Å². The molecule has 3 nitrogen and oxygen atoms in total. The van der Waals surface area contributed by atoms with Crippen molar-refractivity contribution in [2.45, 2.75) is 12.3 Å². The van der Waals surface area contributed by atoms with E-state index in [4.69, 9.17) is 22.1 Å². The third kappa shape index (κ3) is 2.85. The maximum Gasteiger partial charge on any atom is 0.124 e. The molecule has 110 valence electrons. The third-order valence-corrected chi connectivity index (χ3v) is 4.26. The van der Waals surface area contributed by atoms with Crippen molar-refractivity contribution in [1.82, 2.24) is 0 Å². The molecule has 1 heterocycles. The van der Waals surface area contributed by atoms with Crippen molar-refractivity contribution in [1.29, 1.82) is 0 Å². The SMILES string of the molecule is CN(c1cccc(Cl)c1)c1ccc2c(c1)OCC[C@H]2CN. The molecule has 2 aromatic carbocycles. The van der Waals surface area contributed by atoms with Gasteiger partial charge < -0.3 is 15.4 Å². The van der Waals surface area contributed by atoms with Crippen molar-refractivity contribution in [3.63, 3.8) is 0 Å². The van der Waals surface area contributed by atoms with E-state index in [1.807, 2.05) is 31.3 Å². The normalized spacial score (nSPS) is 17.0. The summed E-state index contributed by atoms with van der Waals surface area (Å²) in [5, 5.41) is 0.733. The second-order valence-electron chi connectivity index (χ2n) is 5.33. The van der Waals surface area contributed by atoms with Gasteiger partial charge in [-0.15, -0.1) is 0 Å². The third-order valence-electron chi connectivity index (χ3n) is 4.03. The summed E-state index contributed by atoms with van der Waals surface area (Å²) in [6, 6.07) is 14.1. The van der Waals surface area contributed by atoms with Crippen LogP contribution in [0.4, 0.5) is 11.4 Å². The van der Waals surface area contributed by atoms with Crippen LogP contribution in [0.15, 0.2) is 42.5 Å². The van der Waals surface area contributed by atoms with Crippen LogP contribution in [0, 0.1) is 0 Å². The van der Waals surface area contributed by atoms with E-state index in [1.165, 1.54) is 5.56 Å². The van der Waals surface area contributed by atoms with Gasteiger partial charge in [-0.25, -0.2) is 0 Å². The molecule has 0 amide bonds. The molecule has 0 spiro atoms. The van der Waals surface area contributed by atoms with Crippen LogP contribution in [-0.4, -0.2) is 20.2 Å². The molecule has 3 rings (SSSR count). The van der Waals surface area contributed by atoms with Crippen molar-refractivity contribution in [2.24, 2.45) is 5.73 Å². The molecule has 0 aliphatic carbocycles. The highest BCUT2D eigenvalue weighted by Crippen LogP contribution is 2.37. The van der Waals surface area contributed by atoms with Crippen LogP contribution in [0.2, 0.25) is 5.02 Å². The van der Waals surface area contributed by atoms with E-state index in [0.29, 0.717) is 12.5 Å². The Morgan fingerprint density at radius 3 is 2.81 bits per heavy atom. The number of benzene rings is 2. The molecular formula is C17H19ClN2O. The number of nitrogens with two attached hydrogens (primary N) is 1. The number of halogens is 1. The standard InChI is InChI=1S/C17H19ClN2O/c1-20(14-4-2-3-13(18)9-14)15-5-6-16-12(11-19)7-8-21-17(16)10-15/h2-6,9-10,12H,7-8,11,19H2,1H3/t12-/m0/s1. The molecule has 2 aromatic rings. The fourth-order valence-electron chi connectivity index (χ4n) is 2.74. The number of fused-ring (bicyclic) bond motifs is 1. The highest BCUT2D eigenvalue weighted by Gasteiger charge is 2.21. The Morgan fingerprint density at radius 1 is 1.24 bits per heavy atom. The van der Waals surface area contributed by atoms with E-state index in [0.717, 1.165) is 35.2 Å². The van der Waals surface area contributed by atoms with Crippen molar-refractivity contribution < 1.29 is 4.74 Å². The zero-order valence-corrected chi connectivity index (χ0v) is 12.8. The monoisotopic (exact) mass is 302 g/mol. The van der Waals surface area contributed by atoms with Crippen LogP contribution < -0.4 is 15.4 Å². The van der Waals surface area contributed by atoms with Crippen molar-refractivity contribution in [3.8, 4) is 5.75 Å². The van der Waals surface area contributed by atoms with Gasteiger partial charge in [0.25, 0.3) is 0 Å². The molecule has 21 heavy (non-hydrogen) atoms. The first-order valence-corrected chi connectivity index (χ1v) is 7.53. The Kier molecular flexibility index (Phi) is 4.04. The smallest absolute Gasteiger partial charge is 0.124 e. The van der Waals surface area contributed by atoms with Crippen molar-refractivity contribution >= 4 is 23.0 Å². The number of rotatable bonds is 3. The van der Waals surface area contributed by atoms with Gasteiger partial charge in [0.05, 0.1) is 6.61 Å². The highest BCUT2D eigenvalue weighted by atomic mass is 35.5. The number of ether oxygens (including phenoxy) is 1. The number of nitrogens with zero attached hydrogens (tertiary/aromatic N) is 1. The van der Waals surface area contributed by atoms with E-state index in [1.54, 1.807) is 0 Å². The minimum Gasteiger partial charge on any atom is -0.493 e. The Morgan fingerprint density at radius 2 is 2.05 bits per heavy atom. The lowest BCUT2D eigenvalue weighted by Gasteiger charge is -2.27. The number of hydrogen-bond acceptors (Lipinski definition) is 3. The van der Waals surface area contributed by atoms with E-state index >= 15 is 0 Å². The van der Waals surface area contributed by atoms with Gasteiger partial charge in [-0.1, -0.05) is 23.7 Å². The summed E-state index contributed by atoms with van der Waals surface area (Å²) in [6.07, 6.45) is 0.993. The largest absolute Gasteiger partial charge is 0.493 e. The molecule has 0 saturated carbocycles. The molecule has 0 unspecified atom stereocenters. The second-order valence-corrected chi connectivity index (χ2v) is 5.77. The van der Waals surface area contributed by atoms with Gasteiger partial charge in [0.2, 0.25) is 0 Å². The molecule has 0 aromatic heterocycles. The van der Waals surface area contributed by atoms with Gasteiger partial charge in [-0.3, -0.25) is 0 Å². The molecule has 0 bridgehead atoms. The first-order chi connectivity index (χ1) is 10.2. The van der Waals surface area contributed by atoms with Gasteiger partial charge in [0.1, 0.15) is 5.75 Å². The summed E-state index contributed by atoms with van der Waals surface area (Å²) in [5.41, 5.74) is 9.18. The van der Waals surface area contributed by atoms with Gasteiger partial charge in [0.15, 0.2) is 0 Å². The van der Waals surface area contributed by atoms with E-state index in [-0.39, 0.29) is 0 Å². The van der Waals surface area contributed by atoms with E-state index in [9.17, 15) is 0 Å². The minimum atomic E-state index is 0.402. The highest BCUT2D eigenvalue weighted by molar-refractivity contribution is 6.30. The predicted molar refractivity (Wildman–Crippen MR) is 87.9 cm³/mol. The lowest BCUT2D eigenvalue weighted by atomic mass is 9.93. The maximum atomic E-state index is 6.06. The summed E-state index contributed by atoms with van der Waals surface area (Å²) in [5.74, 6) is 1.35.